The zero-order valence-electron chi connectivity index (χ0n) is 10.2. The van der Waals surface area contributed by atoms with Crippen LogP contribution in [0.1, 0.15) is 32.8 Å². The lowest BCUT2D eigenvalue weighted by molar-refractivity contribution is 0.193. The molecule has 0 aliphatic rings. The zero-order chi connectivity index (χ0) is 12.1. The third kappa shape index (κ3) is 3.93. The summed E-state index contributed by atoms with van der Waals surface area (Å²) >= 11 is 0. The minimum absolute atomic E-state index is 0.0850. The summed E-state index contributed by atoms with van der Waals surface area (Å²) in [6, 6.07) is 7.32. The van der Waals surface area contributed by atoms with Crippen LogP contribution in [0.15, 0.2) is 24.3 Å². The summed E-state index contributed by atoms with van der Waals surface area (Å²) in [5.74, 6) is 1.55. The number of hydrogen-bond acceptors (Lipinski definition) is 2. The molecule has 1 rings (SSSR count). The van der Waals surface area contributed by atoms with E-state index in [4.69, 9.17) is 15.9 Å². The zero-order valence-corrected chi connectivity index (χ0v) is 10.2. The van der Waals surface area contributed by atoms with Crippen molar-refractivity contribution in [2.45, 2.75) is 33.3 Å². The number of amidine groups is 1. The highest BCUT2D eigenvalue weighted by molar-refractivity contribution is 5.94. The Kier molecular flexibility index (Phi) is 4.35. The monoisotopic (exact) mass is 220 g/mol. The molecule has 0 bridgehead atoms. The molecule has 0 aromatic heterocycles. The van der Waals surface area contributed by atoms with Crippen molar-refractivity contribution < 1.29 is 4.74 Å². The van der Waals surface area contributed by atoms with Crippen molar-refractivity contribution in [2.24, 2.45) is 11.7 Å². The molecule has 88 valence electrons. The van der Waals surface area contributed by atoms with Gasteiger partial charge in [-0.25, -0.2) is 0 Å². The third-order valence-corrected chi connectivity index (χ3v) is 2.31. The highest BCUT2D eigenvalue weighted by atomic mass is 16.5. The predicted octanol–water partition coefficient (Wildman–Crippen LogP) is 2.78. The average Bonchev–Trinajstić information content (AvgIpc) is 2.16. The average molecular weight is 220 g/mol. The van der Waals surface area contributed by atoms with Crippen molar-refractivity contribution in [3.63, 3.8) is 0 Å². The smallest absolute Gasteiger partial charge is 0.122 e. The Bertz CT molecular complexity index is 343. The van der Waals surface area contributed by atoms with Crippen LogP contribution in [0.3, 0.4) is 0 Å². The van der Waals surface area contributed by atoms with Gasteiger partial charge in [-0.2, -0.15) is 0 Å². The lowest BCUT2D eigenvalue weighted by Crippen LogP contribution is -2.15. The molecule has 0 saturated heterocycles. The maximum atomic E-state index is 7.28. The van der Waals surface area contributed by atoms with E-state index in [9.17, 15) is 0 Å². The molecule has 1 aromatic rings. The maximum Gasteiger partial charge on any atom is 0.122 e. The maximum absolute atomic E-state index is 7.28. The SMILES string of the molecule is CC(C)CC(C)Oc1ccc(C(=N)N)cc1. The molecule has 3 heteroatoms. The van der Waals surface area contributed by atoms with Crippen LogP contribution in [0.25, 0.3) is 0 Å². The second kappa shape index (κ2) is 5.54. The summed E-state index contributed by atoms with van der Waals surface area (Å²) in [5.41, 5.74) is 6.10. The van der Waals surface area contributed by atoms with E-state index in [1.54, 1.807) is 12.1 Å². The standard InChI is InChI=1S/C13H20N2O/c1-9(2)8-10(3)16-12-6-4-11(5-7-12)13(14)15/h4-7,9-10H,8H2,1-3H3,(H3,14,15). The van der Waals surface area contributed by atoms with Crippen LogP contribution in [0.5, 0.6) is 5.75 Å². The fourth-order valence-corrected chi connectivity index (χ4v) is 1.66. The first-order valence-electron chi connectivity index (χ1n) is 5.60. The van der Waals surface area contributed by atoms with Gasteiger partial charge in [0.25, 0.3) is 0 Å². The Balaban J connectivity index is 2.58. The minimum Gasteiger partial charge on any atom is -0.491 e. The molecule has 1 atom stereocenters. The van der Waals surface area contributed by atoms with Crippen molar-refractivity contribution >= 4 is 5.84 Å². The van der Waals surface area contributed by atoms with Gasteiger partial charge in [-0.1, -0.05) is 13.8 Å². The van der Waals surface area contributed by atoms with Gasteiger partial charge in [0.1, 0.15) is 11.6 Å². The molecular formula is C13H20N2O. The number of nitrogens with one attached hydrogen (secondary N) is 1. The first-order valence-corrected chi connectivity index (χ1v) is 5.60. The predicted molar refractivity (Wildman–Crippen MR) is 67.0 cm³/mol. The Morgan fingerprint density at radius 1 is 1.25 bits per heavy atom. The van der Waals surface area contributed by atoms with Gasteiger partial charge in [-0.05, 0) is 43.5 Å². The second-order valence-electron chi connectivity index (χ2n) is 4.50. The molecule has 0 heterocycles. The number of nitrogen functional groups attached to an aromatic ring is 1. The molecule has 1 unspecified atom stereocenters. The molecule has 0 radical (unpaired) electrons. The van der Waals surface area contributed by atoms with Crippen molar-refractivity contribution in [3.05, 3.63) is 29.8 Å². The number of rotatable bonds is 5. The molecule has 0 aliphatic carbocycles. The minimum atomic E-state index is 0.0850. The highest BCUT2D eigenvalue weighted by Crippen LogP contribution is 2.16. The molecule has 0 saturated carbocycles. The van der Waals surface area contributed by atoms with Gasteiger partial charge in [0.15, 0.2) is 0 Å². The quantitative estimate of drug-likeness (QED) is 0.592. The second-order valence-corrected chi connectivity index (χ2v) is 4.50. The van der Waals surface area contributed by atoms with Gasteiger partial charge in [-0.3, -0.25) is 5.41 Å². The Morgan fingerprint density at radius 3 is 2.25 bits per heavy atom. The van der Waals surface area contributed by atoms with Gasteiger partial charge in [-0.15, -0.1) is 0 Å². The van der Waals surface area contributed by atoms with Crippen LogP contribution in [-0.4, -0.2) is 11.9 Å². The van der Waals surface area contributed by atoms with Gasteiger partial charge in [0.05, 0.1) is 6.10 Å². The van der Waals surface area contributed by atoms with Crippen LogP contribution >= 0.6 is 0 Å². The summed E-state index contributed by atoms with van der Waals surface area (Å²) in [6.45, 7) is 6.43. The van der Waals surface area contributed by atoms with Gasteiger partial charge < -0.3 is 10.5 Å². The summed E-state index contributed by atoms with van der Waals surface area (Å²) in [6.07, 6.45) is 1.25. The lowest BCUT2D eigenvalue weighted by Gasteiger charge is -2.16. The van der Waals surface area contributed by atoms with E-state index in [0.717, 1.165) is 17.7 Å². The fraction of sp³-hybridized carbons (Fsp3) is 0.462. The van der Waals surface area contributed by atoms with Crippen molar-refractivity contribution in [1.29, 1.82) is 5.41 Å². The van der Waals surface area contributed by atoms with Crippen molar-refractivity contribution in [1.82, 2.24) is 0 Å². The van der Waals surface area contributed by atoms with Gasteiger partial charge in [0, 0.05) is 5.56 Å². The highest BCUT2D eigenvalue weighted by Gasteiger charge is 2.06. The molecule has 0 spiro atoms. The molecule has 16 heavy (non-hydrogen) atoms. The summed E-state index contributed by atoms with van der Waals surface area (Å²) < 4.78 is 5.75. The van der Waals surface area contributed by atoms with Crippen LogP contribution in [0.2, 0.25) is 0 Å². The molecule has 3 nitrogen and oxygen atoms in total. The largest absolute Gasteiger partial charge is 0.491 e. The first kappa shape index (κ1) is 12.6. The third-order valence-electron chi connectivity index (χ3n) is 2.31. The van der Waals surface area contributed by atoms with E-state index in [2.05, 4.69) is 20.8 Å². The molecule has 1 aromatic carbocycles. The topological polar surface area (TPSA) is 59.1 Å². The Labute approximate surface area is 97.1 Å². The van der Waals surface area contributed by atoms with E-state index in [1.807, 2.05) is 12.1 Å². The fourth-order valence-electron chi connectivity index (χ4n) is 1.66. The summed E-state index contributed by atoms with van der Waals surface area (Å²) in [7, 11) is 0. The molecule has 0 aliphatic heterocycles. The van der Waals surface area contributed by atoms with Crippen LogP contribution in [0.4, 0.5) is 0 Å². The van der Waals surface area contributed by atoms with Crippen LogP contribution in [0, 0.1) is 11.3 Å². The number of hydrogen-bond donors (Lipinski definition) is 2. The molecule has 0 fully saturated rings. The molecular weight excluding hydrogens is 200 g/mol. The lowest BCUT2D eigenvalue weighted by atomic mass is 10.1. The van der Waals surface area contributed by atoms with Crippen LogP contribution in [-0.2, 0) is 0 Å². The van der Waals surface area contributed by atoms with Gasteiger partial charge in [0.2, 0.25) is 0 Å². The number of ether oxygens (including phenoxy) is 1. The van der Waals surface area contributed by atoms with Crippen molar-refractivity contribution in [3.8, 4) is 5.75 Å². The Morgan fingerprint density at radius 2 is 1.81 bits per heavy atom. The van der Waals surface area contributed by atoms with E-state index in [0.29, 0.717) is 5.92 Å². The number of nitrogens with two attached hydrogens (primary N) is 1. The van der Waals surface area contributed by atoms with E-state index >= 15 is 0 Å². The van der Waals surface area contributed by atoms with Crippen LogP contribution < -0.4 is 10.5 Å². The Hall–Kier alpha value is -1.51. The first-order chi connectivity index (χ1) is 7.49. The normalized spacial score (nSPS) is 12.5. The van der Waals surface area contributed by atoms with Gasteiger partial charge >= 0.3 is 0 Å². The van der Waals surface area contributed by atoms with Crippen molar-refractivity contribution in [2.75, 3.05) is 0 Å². The van der Waals surface area contributed by atoms with E-state index < -0.39 is 0 Å². The summed E-state index contributed by atoms with van der Waals surface area (Å²) in [5, 5.41) is 7.28. The molecule has 0 amide bonds. The number of benzene rings is 1. The molecule has 3 N–H and O–H groups in total. The van der Waals surface area contributed by atoms with E-state index in [1.165, 1.54) is 0 Å². The van der Waals surface area contributed by atoms with E-state index in [-0.39, 0.29) is 11.9 Å². The summed E-state index contributed by atoms with van der Waals surface area (Å²) in [4.78, 5) is 0.